The van der Waals surface area contributed by atoms with Crippen LogP contribution in [0.2, 0.25) is 0 Å². The van der Waals surface area contributed by atoms with Gasteiger partial charge in [-0.15, -0.1) is 0 Å². The van der Waals surface area contributed by atoms with Crippen LogP contribution in [0.1, 0.15) is 259 Å². The summed E-state index contributed by atoms with van der Waals surface area (Å²) in [5, 5.41) is 12.6. The number of β-amino-alcohol motifs (C(OH)–C–C–N with tert-alkyl or cyclic N) is 1. The number of hydrogen-bond acceptors (Lipinski definition) is 7. The van der Waals surface area contributed by atoms with E-state index in [1.54, 1.807) is 0 Å². The lowest BCUT2D eigenvalue weighted by Gasteiger charge is -2.37. The van der Waals surface area contributed by atoms with E-state index >= 15 is 0 Å². The Morgan fingerprint density at radius 3 is 1.45 bits per heavy atom. The van der Waals surface area contributed by atoms with E-state index in [2.05, 4.69) is 33.0 Å². The highest BCUT2D eigenvalue weighted by Crippen LogP contribution is 2.34. The molecule has 0 aliphatic carbocycles. The highest BCUT2D eigenvalue weighted by molar-refractivity contribution is 5.76. The van der Waals surface area contributed by atoms with Gasteiger partial charge in [-0.2, -0.15) is 0 Å². The molecule has 0 amide bonds. The topological polar surface area (TPSA) is 94.1 Å². The molecular formula is C48H93NO6. The van der Waals surface area contributed by atoms with E-state index in [4.69, 9.17) is 14.2 Å². The molecule has 1 heterocycles. The Hall–Kier alpha value is -1.18. The number of nitrogens with one attached hydrogen (secondary N) is 1. The zero-order valence-corrected chi connectivity index (χ0v) is 37.1. The molecule has 1 rings (SSSR count). The fourth-order valence-electron chi connectivity index (χ4n) is 8.10. The van der Waals surface area contributed by atoms with Gasteiger partial charge in [0.1, 0.15) is 6.04 Å². The second-order valence-corrected chi connectivity index (χ2v) is 17.2. The van der Waals surface area contributed by atoms with Crippen molar-refractivity contribution in [1.29, 1.82) is 0 Å². The molecule has 0 saturated carbocycles. The van der Waals surface area contributed by atoms with Crippen LogP contribution in [0.15, 0.2) is 0 Å². The summed E-state index contributed by atoms with van der Waals surface area (Å²) in [6.45, 7) is 10.00. The molecular weight excluding hydrogens is 687 g/mol. The predicted octanol–water partition coefficient (Wildman–Crippen LogP) is 13.6. The average molecular weight is 780 g/mol. The van der Waals surface area contributed by atoms with Crippen molar-refractivity contribution in [2.24, 2.45) is 0 Å². The minimum atomic E-state index is -0.800. The van der Waals surface area contributed by atoms with Gasteiger partial charge < -0.3 is 24.6 Å². The molecule has 2 atom stereocenters. The Bertz CT molecular complexity index is 835. The quantitative estimate of drug-likeness (QED) is 0.0362. The third-order valence-electron chi connectivity index (χ3n) is 11.7. The molecule has 1 aliphatic heterocycles. The third-order valence-corrected chi connectivity index (χ3v) is 11.7. The number of rotatable bonds is 41. The van der Waals surface area contributed by atoms with E-state index in [1.807, 2.05) is 0 Å². The van der Waals surface area contributed by atoms with Crippen LogP contribution in [0.3, 0.4) is 0 Å². The van der Waals surface area contributed by atoms with Crippen molar-refractivity contribution in [3.63, 3.8) is 0 Å². The summed E-state index contributed by atoms with van der Waals surface area (Å²) in [6, 6.07) is -0.373. The lowest BCUT2D eigenvalue weighted by atomic mass is 9.97. The summed E-state index contributed by atoms with van der Waals surface area (Å²) in [4.78, 5) is 25.8. The number of carbonyl (C=O) groups is 2. The largest absolute Gasteiger partial charge is 0.465 e. The maximum absolute atomic E-state index is 13.7. The summed E-state index contributed by atoms with van der Waals surface area (Å²) in [7, 11) is 0. The maximum atomic E-state index is 13.7. The van der Waals surface area contributed by atoms with Crippen LogP contribution in [-0.4, -0.2) is 54.2 Å². The first-order valence-corrected chi connectivity index (χ1v) is 24.4. The highest BCUT2D eigenvalue weighted by Gasteiger charge is 2.37. The summed E-state index contributed by atoms with van der Waals surface area (Å²) in [5.41, 5.74) is 0. The lowest BCUT2D eigenvalue weighted by Crippen LogP contribution is -2.42. The second kappa shape index (κ2) is 37.1. The zero-order chi connectivity index (χ0) is 40.1. The van der Waals surface area contributed by atoms with E-state index in [1.165, 1.54) is 141 Å². The maximum Gasteiger partial charge on any atom is 0.323 e. The smallest absolute Gasteiger partial charge is 0.323 e. The highest BCUT2D eigenvalue weighted by atomic mass is 16.7. The van der Waals surface area contributed by atoms with Gasteiger partial charge >= 0.3 is 11.9 Å². The molecule has 1 fully saturated rings. The Morgan fingerprint density at radius 2 is 1.00 bits per heavy atom. The molecule has 0 aromatic heterocycles. The van der Waals surface area contributed by atoms with Crippen LogP contribution in [-0.2, 0) is 23.8 Å². The van der Waals surface area contributed by atoms with Crippen LogP contribution >= 0.6 is 0 Å². The monoisotopic (exact) mass is 780 g/mol. The average Bonchev–Trinajstić information content (AvgIpc) is 3.62. The fourth-order valence-corrected chi connectivity index (χ4v) is 8.10. The van der Waals surface area contributed by atoms with Crippen LogP contribution < -0.4 is 5.32 Å². The Kier molecular flexibility index (Phi) is 35.0. The minimum Gasteiger partial charge on any atom is -0.465 e. The predicted molar refractivity (Wildman–Crippen MR) is 231 cm³/mol. The standard InChI is InChI=1S/C48H93NO6/c1-5-9-13-17-23-29-35-44(36-30-24-18-14-10-6-2)54-48(38-32-26-19-15-11-7-3,39-33-27-20-16-12-8-4)55-46(51)37-31-25-21-22-28-34-40-53-47(52)45-41-43(50)42-49-45/h43-45,49-50H,5-42H2,1-4H3/t43?,45-/m0/s1. The van der Waals surface area contributed by atoms with Crippen molar-refractivity contribution < 1.29 is 28.9 Å². The Morgan fingerprint density at radius 1 is 0.582 bits per heavy atom. The van der Waals surface area contributed by atoms with E-state index in [0.29, 0.717) is 26.0 Å². The van der Waals surface area contributed by atoms with E-state index < -0.39 is 11.9 Å². The summed E-state index contributed by atoms with van der Waals surface area (Å²) < 4.78 is 19.3. The van der Waals surface area contributed by atoms with Crippen molar-refractivity contribution in [3.05, 3.63) is 0 Å². The molecule has 7 nitrogen and oxygen atoms in total. The van der Waals surface area contributed by atoms with Gasteiger partial charge in [-0.1, -0.05) is 195 Å². The minimum absolute atomic E-state index is 0.0765. The Balaban J connectivity index is 2.84. The number of carbonyl (C=O) groups excluding carboxylic acids is 2. The molecule has 0 spiro atoms. The van der Waals surface area contributed by atoms with Crippen molar-refractivity contribution in [2.75, 3.05) is 13.2 Å². The van der Waals surface area contributed by atoms with Crippen LogP contribution in [0.25, 0.3) is 0 Å². The summed E-state index contributed by atoms with van der Waals surface area (Å²) in [5.74, 6) is -1.13. The molecule has 2 N–H and O–H groups in total. The van der Waals surface area contributed by atoms with Crippen molar-refractivity contribution in [3.8, 4) is 0 Å². The van der Waals surface area contributed by atoms with Gasteiger partial charge in [0.05, 0.1) is 18.8 Å². The van der Waals surface area contributed by atoms with Crippen LogP contribution in [0, 0.1) is 0 Å². The van der Waals surface area contributed by atoms with E-state index in [9.17, 15) is 14.7 Å². The van der Waals surface area contributed by atoms with Gasteiger partial charge in [0, 0.05) is 32.2 Å². The number of aliphatic hydroxyl groups excluding tert-OH is 1. The molecule has 1 saturated heterocycles. The van der Waals surface area contributed by atoms with Gasteiger partial charge in [0.15, 0.2) is 0 Å². The first kappa shape index (κ1) is 51.8. The fraction of sp³-hybridized carbons (Fsp3) is 0.958. The molecule has 0 bridgehead atoms. The second-order valence-electron chi connectivity index (χ2n) is 17.2. The summed E-state index contributed by atoms with van der Waals surface area (Å²) >= 11 is 0. The zero-order valence-electron chi connectivity index (χ0n) is 37.1. The number of hydrogen-bond donors (Lipinski definition) is 2. The molecule has 1 aliphatic rings. The normalized spacial score (nSPS) is 16.0. The van der Waals surface area contributed by atoms with Crippen LogP contribution in [0.5, 0.6) is 0 Å². The molecule has 0 aromatic carbocycles. The van der Waals surface area contributed by atoms with Gasteiger partial charge in [-0.05, 0) is 38.5 Å². The lowest BCUT2D eigenvalue weighted by molar-refractivity contribution is -0.259. The van der Waals surface area contributed by atoms with Crippen LogP contribution in [0.4, 0.5) is 0 Å². The van der Waals surface area contributed by atoms with Gasteiger partial charge in [0.2, 0.25) is 5.79 Å². The van der Waals surface area contributed by atoms with E-state index in [-0.39, 0.29) is 24.1 Å². The number of esters is 2. The van der Waals surface area contributed by atoms with Crippen molar-refractivity contribution in [1.82, 2.24) is 5.32 Å². The molecule has 1 unspecified atom stereocenters. The van der Waals surface area contributed by atoms with Gasteiger partial charge in [-0.3, -0.25) is 9.59 Å². The van der Waals surface area contributed by atoms with Crippen molar-refractivity contribution in [2.45, 2.75) is 283 Å². The van der Waals surface area contributed by atoms with Crippen molar-refractivity contribution >= 4 is 11.9 Å². The van der Waals surface area contributed by atoms with Gasteiger partial charge in [0.25, 0.3) is 0 Å². The first-order valence-electron chi connectivity index (χ1n) is 24.4. The number of aliphatic hydroxyl groups is 1. The first-order chi connectivity index (χ1) is 26.9. The number of ether oxygens (including phenoxy) is 3. The number of unbranched alkanes of at least 4 members (excludes halogenated alkanes) is 25. The van der Waals surface area contributed by atoms with E-state index in [0.717, 1.165) is 77.0 Å². The molecule has 7 heteroatoms. The summed E-state index contributed by atoms with van der Waals surface area (Å²) in [6.07, 6.45) is 40.3. The SMILES string of the molecule is CCCCCCCCC(CCCCCCCC)OC(CCCCCCCC)(CCCCCCCC)OC(=O)CCCCCCCCOC(=O)[C@@H]1CC(O)CN1. The molecule has 55 heavy (non-hydrogen) atoms. The molecule has 0 aromatic rings. The Labute approximate surface area is 341 Å². The van der Waals surface area contributed by atoms with Gasteiger partial charge in [-0.25, -0.2) is 0 Å². The molecule has 0 radical (unpaired) electrons. The molecule has 326 valence electrons. The third kappa shape index (κ3) is 29.7.